The lowest BCUT2D eigenvalue weighted by Gasteiger charge is -2.14. The van der Waals surface area contributed by atoms with Crippen LogP contribution in [0.25, 0.3) is 0 Å². The molecule has 100 valence electrons. The number of halogens is 4. The van der Waals surface area contributed by atoms with E-state index in [9.17, 15) is 9.50 Å². The Morgan fingerprint density at radius 2 is 2.00 bits per heavy atom. The fraction of sp³-hybridized carbons (Fsp3) is 0.143. The number of aliphatic hydroxyl groups is 1. The molecular weight excluding hydrogens is 445 g/mol. The highest BCUT2D eigenvalue weighted by Crippen LogP contribution is 2.29. The molecule has 2 aromatic rings. The molecule has 0 saturated heterocycles. The van der Waals surface area contributed by atoms with Gasteiger partial charge in [-0.3, -0.25) is 0 Å². The summed E-state index contributed by atoms with van der Waals surface area (Å²) in [5.41, 5.74) is 1.48. The van der Waals surface area contributed by atoms with Gasteiger partial charge in [0.1, 0.15) is 5.82 Å². The summed E-state index contributed by atoms with van der Waals surface area (Å²) in [6.45, 7) is 0. The Kier molecular flexibility index (Phi) is 5.22. The smallest absolute Gasteiger partial charge is 0.123 e. The fourth-order valence-electron chi connectivity index (χ4n) is 1.79. The average molecular weight is 455 g/mol. The Balaban J connectivity index is 2.27. The van der Waals surface area contributed by atoms with Gasteiger partial charge in [0.25, 0.3) is 0 Å². The first-order valence-electron chi connectivity index (χ1n) is 5.54. The van der Waals surface area contributed by atoms with Crippen molar-refractivity contribution in [2.75, 3.05) is 0 Å². The SMILES string of the molecule is OC(Cc1cc(F)ccc1Br)c1cc(Cl)ccc1I. The summed E-state index contributed by atoms with van der Waals surface area (Å²) in [4.78, 5) is 0. The highest BCUT2D eigenvalue weighted by molar-refractivity contribution is 14.1. The van der Waals surface area contributed by atoms with Crippen LogP contribution in [0.1, 0.15) is 17.2 Å². The van der Waals surface area contributed by atoms with E-state index < -0.39 is 6.10 Å². The molecule has 0 amide bonds. The van der Waals surface area contributed by atoms with Crippen LogP contribution in [-0.2, 0) is 6.42 Å². The number of benzene rings is 2. The Bertz CT molecular complexity index is 606. The first-order chi connectivity index (χ1) is 8.97. The molecule has 0 aliphatic rings. The minimum Gasteiger partial charge on any atom is -0.388 e. The van der Waals surface area contributed by atoms with Crippen LogP contribution < -0.4 is 0 Å². The molecule has 0 fully saturated rings. The largest absolute Gasteiger partial charge is 0.388 e. The third-order valence-electron chi connectivity index (χ3n) is 2.74. The molecule has 0 saturated carbocycles. The van der Waals surface area contributed by atoms with Crippen molar-refractivity contribution >= 4 is 50.1 Å². The van der Waals surface area contributed by atoms with Gasteiger partial charge in [0, 0.05) is 19.5 Å². The molecule has 1 atom stereocenters. The normalized spacial score (nSPS) is 12.5. The van der Waals surface area contributed by atoms with E-state index >= 15 is 0 Å². The maximum absolute atomic E-state index is 13.2. The van der Waals surface area contributed by atoms with Gasteiger partial charge < -0.3 is 5.11 Å². The van der Waals surface area contributed by atoms with Crippen LogP contribution in [0.2, 0.25) is 5.02 Å². The van der Waals surface area contributed by atoms with Crippen LogP contribution in [0, 0.1) is 9.39 Å². The van der Waals surface area contributed by atoms with Crippen molar-refractivity contribution in [2.24, 2.45) is 0 Å². The van der Waals surface area contributed by atoms with Gasteiger partial charge in [-0.25, -0.2) is 4.39 Å². The standard InChI is InChI=1S/C14H10BrClFIO/c15-12-3-2-10(17)5-8(12)6-14(19)11-7-9(16)1-4-13(11)18/h1-5,7,14,19H,6H2. The molecule has 0 radical (unpaired) electrons. The second-order valence-corrected chi connectivity index (χ2v) is 6.57. The van der Waals surface area contributed by atoms with E-state index in [2.05, 4.69) is 38.5 Å². The van der Waals surface area contributed by atoms with Crippen molar-refractivity contribution in [1.29, 1.82) is 0 Å². The molecule has 1 nitrogen and oxygen atoms in total. The Labute approximate surface area is 138 Å². The fourth-order valence-corrected chi connectivity index (χ4v) is 3.07. The summed E-state index contributed by atoms with van der Waals surface area (Å²) in [5, 5.41) is 10.9. The number of hydrogen-bond acceptors (Lipinski definition) is 1. The Morgan fingerprint density at radius 1 is 1.26 bits per heavy atom. The maximum Gasteiger partial charge on any atom is 0.123 e. The van der Waals surface area contributed by atoms with Gasteiger partial charge in [-0.1, -0.05) is 27.5 Å². The van der Waals surface area contributed by atoms with Crippen molar-refractivity contribution in [3.8, 4) is 0 Å². The van der Waals surface area contributed by atoms with Crippen molar-refractivity contribution in [1.82, 2.24) is 0 Å². The first kappa shape index (κ1) is 15.2. The summed E-state index contributed by atoms with van der Waals surface area (Å²) in [6, 6.07) is 9.80. The molecule has 1 unspecified atom stereocenters. The molecule has 0 aromatic heterocycles. The molecule has 0 heterocycles. The van der Waals surface area contributed by atoms with Gasteiger partial charge >= 0.3 is 0 Å². The van der Waals surface area contributed by atoms with E-state index in [1.807, 2.05) is 6.07 Å². The van der Waals surface area contributed by atoms with E-state index in [4.69, 9.17) is 11.6 Å². The van der Waals surface area contributed by atoms with E-state index in [-0.39, 0.29) is 5.82 Å². The zero-order chi connectivity index (χ0) is 14.0. The Hall–Kier alpha value is -0.170. The van der Waals surface area contributed by atoms with Gasteiger partial charge in [-0.2, -0.15) is 0 Å². The van der Waals surface area contributed by atoms with E-state index in [1.54, 1.807) is 18.2 Å². The summed E-state index contributed by atoms with van der Waals surface area (Å²) < 4.78 is 14.9. The average Bonchev–Trinajstić information content (AvgIpc) is 2.36. The lowest BCUT2D eigenvalue weighted by Crippen LogP contribution is -2.05. The van der Waals surface area contributed by atoms with Gasteiger partial charge in [0.2, 0.25) is 0 Å². The second-order valence-electron chi connectivity index (χ2n) is 4.12. The predicted molar refractivity (Wildman–Crippen MR) is 86.9 cm³/mol. The monoisotopic (exact) mass is 454 g/mol. The van der Waals surface area contributed by atoms with Crippen molar-refractivity contribution < 1.29 is 9.50 Å². The molecule has 19 heavy (non-hydrogen) atoms. The third kappa shape index (κ3) is 3.90. The summed E-state index contributed by atoms with van der Waals surface area (Å²) in [5.74, 6) is -0.314. The molecule has 5 heteroatoms. The van der Waals surface area contributed by atoms with Gasteiger partial charge in [-0.05, 0) is 70.1 Å². The summed E-state index contributed by atoms with van der Waals surface area (Å²) >= 11 is 11.4. The van der Waals surface area contributed by atoms with Crippen molar-refractivity contribution in [3.63, 3.8) is 0 Å². The molecular formula is C14H10BrClFIO. The second kappa shape index (κ2) is 6.52. The maximum atomic E-state index is 13.2. The number of aliphatic hydroxyl groups excluding tert-OH is 1. The molecule has 0 spiro atoms. The highest BCUT2D eigenvalue weighted by Gasteiger charge is 2.14. The minimum absolute atomic E-state index is 0.314. The zero-order valence-electron chi connectivity index (χ0n) is 9.71. The summed E-state index contributed by atoms with van der Waals surface area (Å²) in [6.07, 6.45) is -0.391. The van der Waals surface area contributed by atoms with Crippen molar-refractivity contribution in [3.05, 3.63) is 66.4 Å². The van der Waals surface area contributed by atoms with Crippen LogP contribution in [-0.4, -0.2) is 5.11 Å². The molecule has 2 aromatic carbocycles. The van der Waals surface area contributed by atoms with Crippen LogP contribution in [0.15, 0.2) is 40.9 Å². The van der Waals surface area contributed by atoms with E-state index in [0.29, 0.717) is 11.4 Å². The van der Waals surface area contributed by atoms with E-state index in [1.165, 1.54) is 12.1 Å². The summed E-state index contributed by atoms with van der Waals surface area (Å²) in [7, 11) is 0. The lowest BCUT2D eigenvalue weighted by atomic mass is 10.0. The zero-order valence-corrected chi connectivity index (χ0v) is 14.2. The highest BCUT2D eigenvalue weighted by atomic mass is 127. The molecule has 0 aliphatic heterocycles. The van der Waals surface area contributed by atoms with E-state index in [0.717, 1.165) is 19.2 Å². The predicted octanol–water partition coefficient (Wildman–Crippen LogP) is 5.12. The van der Waals surface area contributed by atoms with Crippen LogP contribution in [0.4, 0.5) is 4.39 Å². The molecule has 2 rings (SSSR count). The van der Waals surface area contributed by atoms with Crippen LogP contribution in [0.3, 0.4) is 0 Å². The van der Waals surface area contributed by atoms with Crippen LogP contribution in [0.5, 0.6) is 0 Å². The van der Waals surface area contributed by atoms with Gasteiger partial charge in [-0.15, -0.1) is 0 Å². The third-order valence-corrected chi connectivity index (χ3v) is 4.73. The van der Waals surface area contributed by atoms with Gasteiger partial charge in [0.15, 0.2) is 0 Å². The quantitative estimate of drug-likeness (QED) is 0.637. The minimum atomic E-state index is -0.719. The topological polar surface area (TPSA) is 20.2 Å². The Morgan fingerprint density at radius 3 is 2.74 bits per heavy atom. The van der Waals surface area contributed by atoms with Crippen LogP contribution >= 0.6 is 50.1 Å². The molecule has 0 aliphatic carbocycles. The van der Waals surface area contributed by atoms with Gasteiger partial charge in [0.05, 0.1) is 6.10 Å². The molecule has 0 bridgehead atoms. The first-order valence-corrected chi connectivity index (χ1v) is 7.79. The van der Waals surface area contributed by atoms with Crippen molar-refractivity contribution in [2.45, 2.75) is 12.5 Å². The lowest BCUT2D eigenvalue weighted by molar-refractivity contribution is 0.177. The molecule has 1 N–H and O–H groups in total. The number of hydrogen-bond donors (Lipinski definition) is 1. The number of rotatable bonds is 3.